The first-order valence-corrected chi connectivity index (χ1v) is 12.8. The molecule has 0 aromatic heterocycles. The number of nitrogens with zero attached hydrogens (tertiary/aromatic N) is 1. The van der Waals surface area contributed by atoms with Gasteiger partial charge in [-0.3, -0.25) is 4.79 Å². The molecule has 9 heteroatoms. The first-order chi connectivity index (χ1) is 15.1. The van der Waals surface area contributed by atoms with Crippen LogP contribution in [0.25, 0.3) is 0 Å². The number of rotatable bonds is 6. The zero-order valence-electron chi connectivity index (χ0n) is 19.2. The predicted molar refractivity (Wildman–Crippen MR) is 120 cm³/mol. The van der Waals surface area contributed by atoms with Gasteiger partial charge in [0.25, 0.3) is 5.91 Å². The molecule has 2 aliphatic rings. The van der Waals surface area contributed by atoms with Crippen LogP contribution in [0.5, 0.6) is 0 Å². The maximum atomic E-state index is 13.1. The highest BCUT2D eigenvalue weighted by molar-refractivity contribution is 7.89. The number of hydrogen-bond donors (Lipinski definition) is 1. The highest BCUT2D eigenvalue weighted by Gasteiger charge is 2.33. The Morgan fingerprint density at radius 2 is 1.78 bits per heavy atom. The zero-order chi connectivity index (χ0) is 23.5. The molecule has 5 atom stereocenters. The molecule has 1 aliphatic carbocycles. The first kappa shape index (κ1) is 24.7. The van der Waals surface area contributed by atoms with Gasteiger partial charge in [0.2, 0.25) is 10.0 Å². The Morgan fingerprint density at radius 1 is 1.12 bits per heavy atom. The van der Waals surface area contributed by atoms with Gasteiger partial charge in [0, 0.05) is 19.1 Å². The number of sulfonamides is 1. The van der Waals surface area contributed by atoms with E-state index in [2.05, 4.69) is 12.2 Å². The normalized spacial score (nSPS) is 28.0. The van der Waals surface area contributed by atoms with E-state index in [4.69, 9.17) is 9.47 Å². The van der Waals surface area contributed by atoms with Gasteiger partial charge in [-0.05, 0) is 57.7 Å². The number of hydrogen-bond acceptors (Lipinski definition) is 6. The lowest BCUT2D eigenvalue weighted by atomic mass is 9.86. The van der Waals surface area contributed by atoms with Crippen molar-refractivity contribution in [2.45, 2.75) is 82.6 Å². The molecule has 0 unspecified atom stereocenters. The Bertz CT molecular complexity index is 924. The third-order valence-electron chi connectivity index (χ3n) is 6.19. The number of carbonyl (C=O) groups is 2. The molecule has 1 aliphatic heterocycles. The van der Waals surface area contributed by atoms with Gasteiger partial charge < -0.3 is 14.8 Å². The van der Waals surface area contributed by atoms with Gasteiger partial charge in [0.1, 0.15) is 0 Å². The Morgan fingerprint density at radius 3 is 2.44 bits per heavy atom. The van der Waals surface area contributed by atoms with E-state index in [0.29, 0.717) is 5.92 Å². The Hall–Kier alpha value is -1.97. The van der Waals surface area contributed by atoms with Crippen LogP contribution in [0.4, 0.5) is 0 Å². The van der Waals surface area contributed by atoms with Gasteiger partial charge in [0.15, 0.2) is 6.10 Å². The van der Waals surface area contributed by atoms with Crippen LogP contribution in [-0.4, -0.2) is 62.0 Å². The monoisotopic (exact) mass is 466 g/mol. The molecule has 0 bridgehead atoms. The summed E-state index contributed by atoms with van der Waals surface area (Å²) in [5, 5.41) is 2.98. The molecule has 1 saturated heterocycles. The Labute approximate surface area is 190 Å². The Balaban J connectivity index is 1.66. The van der Waals surface area contributed by atoms with E-state index in [9.17, 15) is 18.0 Å². The lowest BCUT2D eigenvalue weighted by molar-refractivity contribution is -0.130. The number of ether oxygens (including phenoxy) is 2. The van der Waals surface area contributed by atoms with Crippen LogP contribution in [0.2, 0.25) is 0 Å². The van der Waals surface area contributed by atoms with E-state index in [1.165, 1.54) is 41.9 Å². The van der Waals surface area contributed by atoms with Gasteiger partial charge in [-0.25, -0.2) is 13.2 Å². The number of benzene rings is 1. The summed E-state index contributed by atoms with van der Waals surface area (Å²) < 4.78 is 38.5. The number of carbonyl (C=O) groups excluding carboxylic acids is 2. The minimum absolute atomic E-state index is 0.0152. The van der Waals surface area contributed by atoms with Crippen LogP contribution >= 0.6 is 0 Å². The molecule has 8 nitrogen and oxygen atoms in total. The van der Waals surface area contributed by atoms with E-state index in [-0.39, 0.29) is 47.7 Å². The average molecular weight is 467 g/mol. The molecular weight excluding hydrogens is 432 g/mol. The van der Waals surface area contributed by atoms with Crippen molar-refractivity contribution in [2.75, 3.05) is 13.1 Å². The lowest BCUT2D eigenvalue weighted by Gasteiger charge is -2.34. The number of morpholine rings is 1. The van der Waals surface area contributed by atoms with Gasteiger partial charge in [-0.1, -0.05) is 25.8 Å². The molecular formula is C23H34N2O6S. The number of amides is 1. The quantitative estimate of drug-likeness (QED) is 0.647. The maximum absolute atomic E-state index is 13.1. The molecule has 3 rings (SSSR count). The lowest BCUT2D eigenvalue weighted by Crippen LogP contribution is -2.48. The first-order valence-electron chi connectivity index (χ1n) is 11.3. The largest absolute Gasteiger partial charge is 0.449 e. The fourth-order valence-corrected chi connectivity index (χ4v) is 6.01. The molecule has 0 radical (unpaired) electrons. The SMILES string of the molecule is C[C@H]1CN(S(=O)(=O)c2cccc(C(=O)O[C@H](C)C(=O)N[C@@H]3CCCC[C@@H]3C)c2)C[C@H](C)O1. The van der Waals surface area contributed by atoms with Crippen molar-refractivity contribution < 1.29 is 27.5 Å². The number of nitrogens with one attached hydrogen (secondary N) is 1. The fraction of sp³-hybridized carbons (Fsp3) is 0.652. The number of esters is 1. The second-order valence-corrected chi connectivity index (χ2v) is 11.0. The van der Waals surface area contributed by atoms with E-state index in [1.807, 2.05) is 13.8 Å². The molecule has 2 fully saturated rings. The van der Waals surface area contributed by atoms with E-state index in [1.54, 1.807) is 0 Å². The third kappa shape index (κ3) is 5.88. The summed E-state index contributed by atoms with van der Waals surface area (Å²) in [6, 6.07) is 5.84. The van der Waals surface area contributed by atoms with Crippen LogP contribution in [-0.2, 0) is 24.3 Å². The van der Waals surface area contributed by atoms with Crippen molar-refractivity contribution >= 4 is 21.9 Å². The van der Waals surface area contributed by atoms with Crippen LogP contribution in [0.15, 0.2) is 29.2 Å². The summed E-state index contributed by atoms with van der Waals surface area (Å²) >= 11 is 0. The van der Waals surface area contributed by atoms with E-state index < -0.39 is 22.1 Å². The summed E-state index contributed by atoms with van der Waals surface area (Å²) in [5.41, 5.74) is 0.0890. The summed E-state index contributed by atoms with van der Waals surface area (Å²) in [7, 11) is -3.79. The standard InChI is InChI=1S/C23H34N2O6S/c1-15-8-5-6-11-21(15)24-22(26)18(4)31-23(27)19-9-7-10-20(12-19)32(28,29)25-13-16(2)30-17(3)14-25/h7,9-10,12,15-18,21H,5-6,8,11,13-14H2,1-4H3,(H,24,26)/t15-,16-,17-,18+,21+/m0/s1. The second-order valence-electron chi connectivity index (χ2n) is 9.03. The topological polar surface area (TPSA) is 102 Å². The van der Waals surface area contributed by atoms with Crippen LogP contribution in [0.1, 0.15) is 63.7 Å². The van der Waals surface area contributed by atoms with Gasteiger partial charge in [0.05, 0.1) is 22.7 Å². The zero-order valence-corrected chi connectivity index (χ0v) is 20.1. The molecule has 1 aromatic carbocycles. The molecule has 1 aromatic rings. The van der Waals surface area contributed by atoms with Crippen LogP contribution in [0, 0.1) is 5.92 Å². The molecule has 1 N–H and O–H groups in total. The maximum Gasteiger partial charge on any atom is 0.338 e. The molecule has 0 spiro atoms. The minimum Gasteiger partial charge on any atom is -0.449 e. The smallest absolute Gasteiger partial charge is 0.338 e. The van der Waals surface area contributed by atoms with Crippen LogP contribution < -0.4 is 5.32 Å². The minimum atomic E-state index is -3.79. The van der Waals surface area contributed by atoms with Crippen molar-refractivity contribution in [3.63, 3.8) is 0 Å². The highest BCUT2D eigenvalue weighted by Crippen LogP contribution is 2.24. The summed E-state index contributed by atoms with van der Waals surface area (Å²) in [6.45, 7) is 7.79. The third-order valence-corrected chi connectivity index (χ3v) is 8.01. The van der Waals surface area contributed by atoms with E-state index in [0.717, 1.165) is 19.3 Å². The van der Waals surface area contributed by atoms with Crippen molar-refractivity contribution in [3.05, 3.63) is 29.8 Å². The van der Waals surface area contributed by atoms with E-state index >= 15 is 0 Å². The fourth-order valence-electron chi connectivity index (χ4n) is 4.37. The van der Waals surface area contributed by atoms with Crippen molar-refractivity contribution in [1.82, 2.24) is 9.62 Å². The summed E-state index contributed by atoms with van der Waals surface area (Å²) in [6.07, 6.45) is 2.83. The molecule has 178 valence electrons. The average Bonchev–Trinajstić information content (AvgIpc) is 2.74. The molecule has 32 heavy (non-hydrogen) atoms. The van der Waals surface area contributed by atoms with Crippen molar-refractivity contribution in [2.24, 2.45) is 5.92 Å². The van der Waals surface area contributed by atoms with Crippen molar-refractivity contribution in [3.8, 4) is 0 Å². The van der Waals surface area contributed by atoms with Gasteiger partial charge >= 0.3 is 5.97 Å². The summed E-state index contributed by atoms with van der Waals surface area (Å²) in [4.78, 5) is 25.2. The highest BCUT2D eigenvalue weighted by atomic mass is 32.2. The molecule has 1 amide bonds. The summed E-state index contributed by atoms with van der Waals surface area (Å²) in [5.74, 6) is -0.676. The van der Waals surface area contributed by atoms with Gasteiger partial charge in [-0.2, -0.15) is 4.31 Å². The predicted octanol–water partition coefficient (Wildman–Crippen LogP) is 2.72. The van der Waals surface area contributed by atoms with Crippen molar-refractivity contribution in [1.29, 1.82) is 0 Å². The van der Waals surface area contributed by atoms with Crippen LogP contribution in [0.3, 0.4) is 0 Å². The van der Waals surface area contributed by atoms with Gasteiger partial charge in [-0.15, -0.1) is 0 Å². The second kappa shape index (κ2) is 10.3. The Kier molecular flexibility index (Phi) is 7.95. The molecule has 1 saturated carbocycles. The molecule has 1 heterocycles.